The summed E-state index contributed by atoms with van der Waals surface area (Å²) < 4.78 is 6.01. The van der Waals surface area contributed by atoms with Crippen molar-refractivity contribution in [1.82, 2.24) is 0 Å². The van der Waals surface area contributed by atoms with Crippen LogP contribution in [0.4, 0.5) is 0 Å². The molecule has 3 heteroatoms. The minimum absolute atomic E-state index is 0.207. The van der Waals surface area contributed by atoms with Crippen molar-refractivity contribution in [1.29, 1.82) is 0 Å². The third kappa shape index (κ3) is 2.67. The van der Waals surface area contributed by atoms with E-state index in [-0.39, 0.29) is 12.5 Å². The Morgan fingerprint density at radius 3 is 2.82 bits per heavy atom. The van der Waals surface area contributed by atoms with Crippen LogP contribution in [0.3, 0.4) is 0 Å². The number of aliphatic hydroxyl groups is 1. The van der Waals surface area contributed by atoms with Gasteiger partial charge in [-0.2, -0.15) is 0 Å². The minimum Gasteiger partial charge on any atom is -0.454 e. The van der Waals surface area contributed by atoms with Crippen molar-refractivity contribution in [2.45, 2.75) is 13.3 Å². The molecule has 1 aromatic rings. The molecular weight excluding hydrogens is 208 g/mol. The fraction of sp³-hybridized carbons (Fsp3) is 0.500. The van der Waals surface area contributed by atoms with Gasteiger partial charge in [-0.3, -0.25) is 0 Å². The van der Waals surface area contributed by atoms with Gasteiger partial charge < -0.3 is 9.52 Å². The summed E-state index contributed by atoms with van der Waals surface area (Å²) in [5, 5.41) is 8.75. The van der Waals surface area contributed by atoms with E-state index in [4.69, 9.17) is 9.52 Å². The molecule has 1 rings (SSSR count). The van der Waals surface area contributed by atoms with Crippen molar-refractivity contribution in [3.63, 3.8) is 0 Å². The van der Waals surface area contributed by atoms with Gasteiger partial charge >= 0.3 is 0 Å². The minimum atomic E-state index is 0.207. The van der Waals surface area contributed by atoms with E-state index in [1.165, 1.54) is 0 Å². The molecule has 0 aliphatic heterocycles. The topological polar surface area (TPSA) is 33.4 Å². The lowest BCUT2D eigenvalue weighted by Crippen LogP contribution is -2.03. The predicted molar refractivity (Wildman–Crippen MR) is 46.4 cm³/mol. The van der Waals surface area contributed by atoms with Crippen LogP contribution in [-0.2, 0) is 6.42 Å². The normalized spacial score (nSPS) is 13.4. The van der Waals surface area contributed by atoms with Crippen LogP contribution >= 0.6 is 15.9 Å². The number of rotatable bonds is 3. The zero-order valence-electron chi connectivity index (χ0n) is 6.38. The van der Waals surface area contributed by atoms with Crippen molar-refractivity contribution >= 4 is 15.9 Å². The maximum atomic E-state index is 8.75. The summed E-state index contributed by atoms with van der Waals surface area (Å²) in [6.45, 7) is 2.19. The Morgan fingerprint density at radius 1 is 1.64 bits per heavy atom. The summed E-state index contributed by atoms with van der Waals surface area (Å²) in [6, 6.07) is 3.77. The largest absolute Gasteiger partial charge is 0.454 e. The highest BCUT2D eigenvalue weighted by molar-refractivity contribution is 9.10. The molecule has 0 spiro atoms. The van der Waals surface area contributed by atoms with E-state index in [0.717, 1.165) is 16.9 Å². The molecule has 0 bridgehead atoms. The van der Waals surface area contributed by atoms with E-state index in [0.29, 0.717) is 0 Å². The van der Waals surface area contributed by atoms with Gasteiger partial charge in [-0.15, -0.1) is 0 Å². The molecule has 0 amide bonds. The van der Waals surface area contributed by atoms with Crippen molar-refractivity contribution in [3.05, 3.63) is 22.6 Å². The summed E-state index contributed by atoms with van der Waals surface area (Å²) in [6.07, 6.45) is 0.794. The Morgan fingerprint density at radius 2 is 2.36 bits per heavy atom. The molecule has 11 heavy (non-hydrogen) atoms. The number of hydrogen-bond acceptors (Lipinski definition) is 2. The number of halogens is 1. The fourth-order valence-electron chi connectivity index (χ4n) is 0.869. The Balaban J connectivity index is 2.50. The molecular formula is C8H11BrO2. The van der Waals surface area contributed by atoms with Gasteiger partial charge in [0.25, 0.3) is 0 Å². The second-order valence-corrected chi connectivity index (χ2v) is 3.48. The first kappa shape index (κ1) is 8.81. The van der Waals surface area contributed by atoms with Crippen molar-refractivity contribution in [2.75, 3.05) is 6.61 Å². The Hall–Kier alpha value is -0.280. The van der Waals surface area contributed by atoms with Crippen LogP contribution in [0.15, 0.2) is 21.2 Å². The van der Waals surface area contributed by atoms with Gasteiger partial charge in [0.1, 0.15) is 5.76 Å². The molecule has 0 saturated heterocycles. The van der Waals surface area contributed by atoms with Crippen LogP contribution in [-0.4, -0.2) is 11.7 Å². The fourth-order valence-corrected chi connectivity index (χ4v) is 1.21. The molecule has 2 nitrogen and oxygen atoms in total. The van der Waals surface area contributed by atoms with E-state index in [9.17, 15) is 0 Å². The van der Waals surface area contributed by atoms with E-state index in [1.54, 1.807) is 0 Å². The lowest BCUT2D eigenvalue weighted by molar-refractivity contribution is 0.230. The zero-order valence-corrected chi connectivity index (χ0v) is 7.97. The average Bonchev–Trinajstić information content (AvgIpc) is 2.35. The van der Waals surface area contributed by atoms with Gasteiger partial charge in [0.2, 0.25) is 0 Å². The monoisotopic (exact) mass is 218 g/mol. The molecule has 1 aromatic heterocycles. The number of aliphatic hydroxyl groups excluding tert-OH is 1. The van der Waals surface area contributed by atoms with E-state index in [2.05, 4.69) is 15.9 Å². The molecule has 1 heterocycles. The SMILES string of the molecule is CC(CO)Cc1ccc(Br)o1. The molecule has 1 N–H and O–H groups in total. The van der Waals surface area contributed by atoms with Crippen molar-refractivity contribution in [3.8, 4) is 0 Å². The van der Waals surface area contributed by atoms with Crippen LogP contribution < -0.4 is 0 Å². The van der Waals surface area contributed by atoms with Crippen LogP contribution in [0, 0.1) is 5.92 Å². The molecule has 62 valence electrons. The lowest BCUT2D eigenvalue weighted by Gasteiger charge is -2.02. The van der Waals surface area contributed by atoms with E-state index in [1.807, 2.05) is 19.1 Å². The Bertz CT molecular complexity index is 220. The van der Waals surface area contributed by atoms with Gasteiger partial charge in [-0.05, 0) is 34.0 Å². The van der Waals surface area contributed by atoms with Crippen LogP contribution in [0.25, 0.3) is 0 Å². The first-order valence-corrected chi connectivity index (χ1v) is 4.36. The first-order valence-electron chi connectivity index (χ1n) is 3.57. The number of hydrogen-bond donors (Lipinski definition) is 1. The molecule has 0 saturated carbocycles. The molecule has 0 radical (unpaired) electrons. The Kier molecular flexibility index (Phi) is 3.15. The summed E-state index contributed by atoms with van der Waals surface area (Å²) in [5.74, 6) is 1.19. The third-order valence-electron chi connectivity index (χ3n) is 1.49. The predicted octanol–water partition coefficient (Wildman–Crippen LogP) is 2.21. The molecule has 0 aliphatic carbocycles. The lowest BCUT2D eigenvalue weighted by atomic mass is 10.1. The summed E-state index contributed by atoms with van der Waals surface area (Å²) in [7, 11) is 0. The first-order chi connectivity index (χ1) is 5.22. The summed E-state index contributed by atoms with van der Waals surface area (Å²) in [4.78, 5) is 0. The quantitative estimate of drug-likeness (QED) is 0.845. The molecule has 1 unspecified atom stereocenters. The maximum absolute atomic E-state index is 8.75. The highest BCUT2D eigenvalue weighted by Crippen LogP contribution is 2.16. The highest BCUT2D eigenvalue weighted by atomic mass is 79.9. The van der Waals surface area contributed by atoms with Gasteiger partial charge in [0.05, 0.1) is 0 Å². The van der Waals surface area contributed by atoms with Gasteiger partial charge in [-0.1, -0.05) is 6.92 Å². The average molecular weight is 219 g/mol. The van der Waals surface area contributed by atoms with Crippen LogP contribution in [0.1, 0.15) is 12.7 Å². The summed E-state index contributed by atoms with van der Waals surface area (Å²) >= 11 is 3.21. The van der Waals surface area contributed by atoms with E-state index >= 15 is 0 Å². The molecule has 0 aliphatic rings. The highest BCUT2D eigenvalue weighted by Gasteiger charge is 2.04. The smallest absolute Gasteiger partial charge is 0.169 e. The number of furan rings is 1. The van der Waals surface area contributed by atoms with E-state index < -0.39 is 0 Å². The molecule has 0 aromatic carbocycles. The van der Waals surface area contributed by atoms with Crippen LogP contribution in [0.5, 0.6) is 0 Å². The standard InChI is InChI=1S/C8H11BrO2/c1-6(5-10)4-7-2-3-8(9)11-7/h2-3,6,10H,4-5H2,1H3. The third-order valence-corrected chi connectivity index (χ3v) is 1.92. The zero-order chi connectivity index (χ0) is 8.27. The van der Waals surface area contributed by atoms with Crippen LogP contribution in [0.2, 0.25) is 0 Å². The molecule has 1 atom stereocenters. The van der Waals surface area contributed by atoms with Crippen molar-refractivity contribution < 1.29 is 9.52 Å². The Labute approximate surface area is 74.3 Å². The second kappa shape index (κ2) is 3.93. The second-order valence-electron chi connectivity index (χ2n) is 2.70. The summed E-state index contributed by atoms with van der Waals surface area (Å²) in [5.41, 5.74) is 0. The molecule has 0 fully saturated rings. The van der Waals surface area contributed by atoms with Gasteiger partial charge in [0.15, 0.2) is 4.67 Å². The van der Waals surface area contributed by atoms with Gasteiger partial charge in [-0.25, -0.2) is 0 Å². The maximum Gasteiger partial charge on any atom is 0.169 e. The van der Waals surface area contributed by atoms with Gasteiger partial charge in [0, 0.05) is 13.0 Å². The van der Waals surface area contributed by atoms with Crippen molar-refractivity contribution in [2.24, 2.45) is 5.92 Å².